The Kier molecular flexibility index (Phi) is 4.44. The summed E-state index contributed by atoms with van der Waals surface area (Å²) in [6, 6.07) is 6.23. The van der Waals surface area contributed by atoms with E-state index in [2.05, 4.69) is 18.3 Å². The van der Waals surface area contributed by atoms with Crippen LogP contribution >= 0.6 is 11.3 Å². The van der Waals surface area contributed by atoms with Crippen LogP contribution in [0.3, 0.4) is 0 Å². The number of nitrogens with zero attached hydrogens (tertiary/aromatic N) is 2. The summed E-state index contributed by atoms with van der Waals surface area (Å²) in [6.07, 6.45) is 6.85. The molecule has 1 amide bonds. The number of hydrogen-bond acceptors (Lipinski definition) is 3. The van der Waals surface area contributed by atoms with Gasteiger partial charge in [0.1, 0.15) is 11.1 Å². The molecular formula is C18H20N3OS+. The summed E-state index contributed by atoms with van der Waals surface area (Å²) < 4.78 is 1.84. The van der Waals surface area contributed by atoms with Gasteiger partial charge in [-0.05, 0) is 43.2 Å². The van der Waals surface area contributed by atoms with E-state index in [1.807, 2.05) is 36.0 Å². The van der Waals surface area contributed by atoms with Gasteiger partial charge in [0.05, 0.1) is 5.56 Å². The van der Waals surface area contributed by atoms with Crippen LogP contribution < -0.4 is 9.88 Å². The summed E-state index contributed by atoms with van der Waals surface area (Å²) in [6.45, 7) is 4.51. The molecule has 2 aromatic rings. The molecule has 5 heteroatoms. The second-order valence-corrected chi connectivity index (χ2v) is 7.37. The molecule has 0 fully saturated rings. The lowest BCUT2D eigenvalue weighted by molar-refractivity contribution is -0.684. The Hall–Kier alpha value is -2.19. The molecule has 23 heavy (non-hydrogen) atoms. The number of amides is 1. The summed E-state index contributed by atoms with van der Waals surface area (Å²) in [5.74, 6) is 0.557. The minimum absolute atomic E-state index is 0.0954. The highest BCUT2D eigenvalue weighted by molar-refractivity contribution is 7.16. The maximum atomic E-state index is 12.3. The molecule has 0 radical (unpaired) electrons. The van der Waals surface area contributed by atoms with E-state index in [0.717, 1.165) is 30.4 Å². The quantitative estimate of drug-likeness (QED) is 0.882. The minimum Gasteiger partial charge on any atom is -0.311 e. The van der Waals surface area contributed by atoms with Crippen LogP contribution in [0.4, 0.5) is 5.00 Å². The average molecular weight is 326 g/mol. The lowest BCUT2D eigenvalue weighted by Crippen LogP contribution is -2.39. The van der Waals surface area contributed by atoms with Crippen LogP contribution in [0.1, 0.15) is 34.9 Å². The predicted octanol–water partition coefficient (Wildman–Crippen LogP) is 2.98. The van der Waals surface area contributed by atoms with E-state index in [0.29, 0.717) is 16.5 Å². The van der Waals surface area contributed by atoms with Gasteiger partial charge in [-0.25, -0.2) is 0 Å². The maximum Gasteiger partial charge on any atom is 0.290 e. The molecule has 4 nitrogen and oxygen atoms in total. The van der Waals surface area contributed by atoms with E-state index in [9.17, 15) is 10.1 Å². The van der Waals surface area contributed by atoms with Crippen molar-refractivity contribution in [1.82, 2.24) is 0 Å². The van der Waals surface area contributed by atoms with E-state index in [1.165, 1.54) is 4.88 Å². The van der Waals surface area contributed by atoms with Gasteiger partial charge in [0.2, 0.25) is 6.54 Å². The van der Waals surface area contributed by atoms with Crippen LogP contribution in [0.5, 0.6) is 0 Å². The van der Waals surface area contributed by atoms with Crippen molar-refractivity contribution in [2.24, 2.45) is 5.92 Å². The molecule has 0 bridgehead atoms. The smallest absolute Gasteiger partial charge is 0.290 e. The molecule has 1 aliphatic carbocycles. The molecule has 1 aliphatic rings. The van der Waals surface area contributed by atoms with Crippen molar-refractivity contribution in [3.05, 3.63) is 46.1 Å². The van der Waals surface area contributed by atoms with Gasteiger partial charge < -0.3 is 5.32 Å². The molecule has 0 aliphatic heterocycles. The number of aromatic nitrogens is 1. The van der Waals surface area contributed by atoms with Crippen molar-refractivity contribution in [2.45, 2.75) is 39.7 Å². The number of fused-ring (bicyclic) bond motifs is 1. The average Bonchev–Trinajstić information content (AvgIpc) is 2.85. The molecule has 1 atom stereocenters. The van der Waals surface area contributed by atoms with Gasteiger partial charge >= 0.3 is 0 Å². The van der Waals surface area contributed by atoms with Crippen LogP contribution in [-0.4, -0.2) is 5.91 Å². The summed E-state index contributed by atoms with van der Waals surface area (Å²) >= 11 is 1.57. The monoisotopic (exact) mass is 326 g/mol. The Morgan fingerprint density at radius 1 is 1.48 bits per heavy atom. The SMILES string of the molecule is Cc1cc[n+](CC(=O)Nc2sc3c(c2C#N)CC[C@@H](C)C3)cc1. The van der Waals surface area contributed by atoms with E-state index < -0.39 is 0 Å². The number of carbonyl (C=O) groups excluding carboxylic acids is 1. The molecule has 0 aromatic carbocycles. The second kappa shape index (κ2) is 6.51. The van der Waals surface area contributed by atoms with Gasteiger partial charge in [-0.2, -0.15) is 9.83 Å². The number of carbonyl (C=O) groups is 1. The predicted molar refractivity (Wildman–Crippen MR) is 90.2 cm³/mol. The van der Waals surface area contributed by atoms with Gasteiger partial charge in [0.25, 0.3) is 5.91 Å². The number of rotatable bonds is 3. The van der Waals surface area contributed by atoms with E-state index >= 15 is 0 Å². The highest BCUT2D eigenvalue weighted by Crippen LogP contribution is 2.39. The summed E-state index contributed by atoms with van der Waals surface area (Å²) in [7, 11) is 0. The molecule has 0 saturated carbocycles. The van der Waals surface area contributed by atoms with Crippen LogP contribution in [0, 0.1) is 24.2 Å². The highest BCUT2D eigenvalue weighted by Gasteiger charge is 2.25. The zero-order valence-electron chi connectivity index (χ0n) is 13.4. The fourth-order valence-electron chi connectivity index (χ4n) is 2.93. The first kappa shape index (κ1) is 15.7. The van der Waals surface area contributed by atoms with E-state index in [1.54, 1.807) is 11.3 Å². The number of aryl methyl sites for hydroxylation is 1. The largest absolute Gasteiger partial charge is 0.311 e. The lowest BCUT2D eigenvalue weighted by atomic mass is 9.89. The van der Waals surface area contributed by atoms with Crippen LogP contribution in [0.15, 0.2) is 24.5 Å². The van der Waals surface area contributed by atoms with Crippen molar-refractivity contribution in [3.63, 3.8) is 0 Å². The third kappa shape index (κ3) is 3.43. The van der Waals surface area contributed by atoms with E-state index in [-0.39, 0.29) is 12.5 Å². The maximum absolute atomic E-state index is 12.3. The first-order chi connectivity index (χ1) is 11.1. The third-order valence-electron chi connectivity index (χ3n) is 4.26. The fourth-order valence-corrected chi connectivity index (χ4v) is 4.30. The number of anilines is 1. The molecule has 2 heterocycles. The Labute approximate surface area is 140 Å². The van der Waals surface area contributed by atoms with Crippen LogP contribution in [0.2, 0.25) is 0 Å². The molecule has 0 spiro atoms. The Bertz CT molecular complexity index is 771. The third-order valence-corrected chi connectivity index (χ3v) is 5.43. The number of hydrogen-bond donors (Lipinski definition) is 1. The summed E-state index contributed by atoms with van der Waals surface area (Å²) in [4.78, 5) is 13.5. The minimum atomic E-state index is -0.0954. The van der Waals surface area contributed by atoms with Crippen molar-refractivity contribution in [1.29, 1.82) is 5.26 Å². The second-order valence-electron chi connectivity index (χ2n) is 6.26. The van der Waals surface area contributed by atoms with Crippen molar-refractivity contribution >= 4 is 22.2 Å². The first-order valence-corrected chi connectivity index (χ1v) is 8.68. The number of nitriles is 1. The molecular weight excluding hydrogens is 306 g/mol. The lowest BCUT2D eigenvalue weighted by Gasteiger charge is -2.17. The zero-order chi connectivity index (χ0) is 16.4. The van der Waals surface area contributed by atoms with E-state index in [4.69, 9.17) is 0 Å². The van der Waals surface area contributed by atoms with Crippen LogP contribution in [-0.2, 0) is 24.2 Å². The van der Waals surface area contributed by atoms with Gasteiger partial charge in [0.15, 0.2) is 12.4 Å². The highest BCUT2D eigenvalue weighted by atomic mass is 32.1. The van der Waals surface area contributed by atoms with Gasteiger partial charge in [-0.1, -0.05) is 6.92 Å². The number of pyridine rings is 1. The molecule has 3 rings (SSSR count). The summed E-state index contributed by atoms with van der Waals surface area (Å²) in [5.41, 5.74) is 2.97. The molecule has 0 saturated heterocycles. The molecule has 0 unspecified atom stereocenters. The normalized spacial score (nSPS) is 16.5. The van der Waals surface area contributed by atoms with Gasteiger partial charge in [-0.15, -0.1) is 11.3 Å². The number of thiophene rings is 1. The Balaban J connectivity index is 1.76. The Morgan fingerprint density at radius 2 is 2.22 bits per heavy atom. The fraction of sp³-hybridized carbons (Fsp3) is 0.389. The first-order valence-electron chi connectivity index (χ1n) is 7.87. The standard InChI is InChI=1S/C18H19N3OS/c1-12-5-7-21(8-6-12)11-17(22)20-18-15(10-19)14-4-3-13(2)9-16(14)23-18/h5-8,13H,3-4,9,11H2,1-2H3/p+1/t13-/m1/s1. The van der Waals surface area contributed by atoms with Crippen molar-refractivity contribution in [3.8, 4) is 6.07 Å². The topological polar surface area (TPSA) is 56.8 Å². The van der Waals surface area contributed by atoms with Gasteiger partial charge in [-0.3, -0.25) is 4.79 Å². The molecule has 2 aromatic heterocycles. The molecule has 118 valence electrons. The number of nitrogens with one attached hydrogen (secondary N) is 1. The van der Waals surface area contributed by atoms with Crippen molar-refractivity contribution < 1.29 is 9.36 Å². The summed E-state index contributed by atoms with van der Waals surface area (Å²) in [5, 5.41) is 13.1. The Morgan fingerprint density at radius 3 is 2.91 bits per heavy atom. The van der Waals surface area contributed by atoms with Gasteiger partial charge in [0, 0.05) is 17.0 Å². The van der Waals surface area contributed by atoms with Crippen LogP contribution in [0.25, 0.3) is 0 Å². The zero-order valence-corrected chi connectivity index (χ0v) is 14.2. The van der Waals surface area contributed by atoms with Crippen molar-refractivity contribution in [2.75, 3.05) is 5.32 Å². The molecule has 1 N–H and O–H groups in total.